The van der Waals surface area contributed by atoms with Gasteiger partial charge in [0.2, 0.25) is 0 Å². The molecule has 0 saturated heterocycles. The summed E-state index contributed by atoms with van der Waals surface area (Å²) in [5.74, 6) is 1.13. The SMILES string of the molecule is N#Cc1cccc(-c2cc(N)n3nc(-c4ccccc4)nc3c2)c1. The molecule has 0 radical (unpaired) electrons. The highest BCUT2D eigenvalue weighted by Gasteiger charge is 2.10. The number of nitriles is 1. The standard InChI is InChI=1S/C19H13N5/c20-12-13-5-4-8-15(9-13)16-10-17(21)24-18(11-16)22-19(23-24)14-6-2-1-3-7-14/h1-11H,21H2. The molecule has 2 aromatic heterocycles. The van der Waals surface area contributed by atoms with E-state index in [0.717, 1.165) is 16.7 Å². The second kappa shape index (κ2) is 5.52. The Morgan fingerprint density at radius 3 is 2.46 bits per heavy atom. The van der Waals surface area contributed by atoms with Crippen molar-refractivity contribution in [3.8, 4) is 28.6 Å². The van der Waals surface area contributed by atoms with Crippen molar-refractivity contribution >= 4 is 11.5 Å². The molecule has 2 aromatic carbocycles. The summed E-state index contributed by atoms with van der Waals surface area (Å²) in [5, 5.41) is 13.5. The van der Waals surface area contributed by atoms with Gasteiger partial charge in [-0.3, -0.25) is 0 Å². The lowest BCUT2D eigenvalue weighted by Gasteiger charge is -2.05. The van der Waals surface area contributed by atoms with Gasteiger partial charge in [-0.2, -0.15) is 9.78 Å². The molecule has 0 aliphatic carbocycles. The average molecular weight is 311 g/mol. The van der Waals surface area contributed by atoms with Crippen LogP contribution in [0.25, 0.3) is 28.2 Å². The fraction of sp³-hybridized carbons (Fsp3) is 0. The highest BCUT2D eigenvalue weighted by atomic mass is 15.3. The molecule has 0 aliphatic rings. The number of hydrogen-bond acceptors (Lipinski definition) is 4. The quantitative estimate of drug-likeness (QED) is 0.614. The molecule has 4 rings (SSSR count). The second-order valence-corrected chi connectivity index (χ2v) is 5.43. The van der Waals surface area contributed by atoms with Gasteiger partial charge in [-0.15, -0.1) is 5.10 Å². The van der Waals surface area contributed by atoms with E-state index in [4.69, 9.17) is 11.0 Å². The maximum absolute atomic E-state index is 9.06. The van der Waals surface area contributed by atoms with E-state index in [9.17, 15) is 0 Å². The molecule has 0 fully saturated rings. The van der Waals surface area contributed by atoms with E-state index in [0.29, 0.717) is 22.9 Å². The van der Waals surface area contributed by atoms with Gasteiger partial charge in [0.25, 0.3) is 0 Å². The van der Waals surface area contributed by atoms with Gasteiger partial charge in [0.1, 0.15) is 5.82 Å². The van der Waals surface area contributed by atoms with Crippen LogP contribution in [-0.2, 0) is 0 Å². The van der Waals surface area contributed by atoms with Crippen molar-refractivity contribution in [1.29, 1.82) is 5.26 Å². The maximum Gasteiger partial charge on any atom is 0.182 e. The van der Waals surface area contributed by atoms with Crippen LogP contribution in [0.2, 0.25) is 0 Å². The minimum Gasteiger partial charge on any atom is -0.384 e. The van der Waals surface area contributed by atoms with Crippen molar-refractivity contribution in [2.24, 2.45) is 0 Å². The number of hydrogen-bond donors (Lipinski definition) is 1. The van der Waals surface area contributed by atoms with Gasteiger partial charge in [-0.05, 0) is 35.4 Å². The van der Waals surface area contributed by atoms with Crippen LogP contribution in [0.1, 0.15) is 5.56 Å². The maximum atomic E-state index is 9.06. The minimum absolute atomic E-state index is 0.500. The molecule has 4 aromatic rings. The van der Waals surface area contributed by atoms with E-state index < -0.39 is 0 Å². The van der Waals surface area contributed by atoms with Crippen molar-refractivity contribution in [1.82, 2.24) is 14.6 Å². The van der Waals surface area contributed by atoms with Crippen LogP contribution in [0.3, 0.4) is 0 Å². The summed E-state index contributed by atoms with van der Waals surface area (Å²) in [7, 11) is 0. The molecule has 0 bridgehead atoms. The Hall–Kier alpha value is -3.65. The number of anilines is 1. The normalized spacial score (nSPS) is 10.6. The number of fused-ring (bicyclic) bond motifs is 1. The molecule has 2 heterocycles. The van der Waals surface area contributed by atoms with Crippen LogP contribution >= 0.6 is 0 Å². The van der Waals surface area contributed by atoms with E-state index in [2.05, 4.69) is 16.2 Å². The Balaban J connectivity index is 1.87. The first-order valence-corrected chi connectivity index (χ1v) is 7.47. The molecule has 24 heavy (non-hydrogen) atoms. The molecule has 0 spiro atoms. The lowest BCUT2D eigenvalue weighted by molar-refractivity contribution is 0.979. The van der Waals surface area contributed by atoms with Crippen LogP contribution in [-0.4, -0.2) is 14.6 Å². The third-order valence-electron chi connectivity index (χ3n) is 3.82. The molecule has 0 aliphatic heterocycles. The largest absolute Gasteiger partial charge is 0.384 e. The third-order valence-corrected chi connectivity index (χ3v) is 3.82. The van der Waals surface area contributed by atoms with E-state index in [1.54, 1.807) is 10.6 Å². The molecule has 2 N–H and O–H groups in total. The van der Waals surface area contributed by atoms with Crippen molar-refractivity contribution in [3.63, 3.8) is 0 Å². The Bertz CT molecular complexity index is 1070. The zero-order chi connectivity index (χ0) is 16.5. The molecular weight excluding hydrogens is 298 g/mol. The second-order valence-electron chi connectivity index (χ2n) is 5.43. The van der Waals surface area contributed by atoms with E-state index in [-0.39, 0.29) is 0 Å². The van der Waals surface area contributed by atoms with Crippen LogP contribution in [0, 0.1) is 11.3 Å². The molecule has 114 valence electrons. The number of aromatic nitrogens is 3. The Morgan fingerprint density at radius 1 is 0.875 bits per heavy atom. The van der Waals surface area contributed by atoms with Gasteiger partial charge in [0.05, 0.1) is 11.6 Å². The average Bonchev–Trinajstić information content (AvgIpc) is 3.07. The summed E-state index contributed by atoms with van der Waals surface area (Å²) in [6.07, 6.45) is 0. The molecule has 0 unspecified atom stereocenters. The van der Waals surface area contributed by atoms with Gasteiger partial charge >= 0.3 is 0 Å². The van der Waals surface area contributed by atoms with E-state index >= 15 is 0 Å². The Labute approximate surface area is 138 Å². The molecule has 0 saturated carbocycles. The number of nitrogens with two attached hydrogens (primary N) is 1. The fourth-order valence-electron chi connectivity index (χ4n) is 2.65. The van der Waals surface area contributed by atoms with Crippen LogP contribution < -0.4 is 5.73 Å². The zero-order valence-electron chi connectivity index (χ0n) is 12.7. The number of nitrogen functional groups attached to an aromatic ring is 1. The molecule has 5 nitrogen and oxygen atoms in total. The topological polar surface area (TPSA) is 80.0 Å². The lowest BCUT2D eigenvalue weighted by atomic mass is 10.0. The highest BCUT2D eigenvalue weighted by Crippen LogP contribution is 2.25. The monoisotopic (exact) mass is 311 g/mol. The predicted molar refractivity (Wildman–Crippen MR) is 93.0 cm³/mol. The van der Waals surface area contributed by atoms with Gasteiger partial charge in [-0.1, -0.05) is 42.5 Å². The van der Waals surface area contributed by atoms with Crippen molar-refractivity contribution in [2.45, 2.75) is 0 Å². The molecule has 0 atom stereocenters. The van der Waals surface area contributed by atoms with Gasteiger partial charge in [0, 0.05) is 5.56 Å². The van der Waals surface area contributed by atoms with Gasteiger partial charge < -0.3 is 5.73 Å². The number of rotatable bonds is 2. The van der Waals surface area contributed by atoms with Crippen LogP contribution in [0.4, 0.5) is 5.82 Å². The van der Waals surface area contributed by atoms with Gasteiger partial charge in [-0.25, -0.2) is 4.98 Å². The van der Waals surface area contributed by atoms with Crippen LogP contribution in [0.15, 0.2) is 66.7 Å². The first-order valence-electron chi connectivity index (χ1n) is 7.47. The zero-order valence-corrected chi connectivity index (χ0v) is 12.7. The van der Waals surface area contributed by atoms with Crippen molar-refractivity contribution in [3.05, 3.63) is 72.3 Å². The smallest absolute Gasteiger partial charge is 0.182 e. The number of benzene rings is 2. The first-order chi connectivity index (χ1) is 11.7. The summed E-state index contributed by atoms with van der Waals surface area (Å²) < 4.78 is 1.62. The third kappa shape index (κ3) is 2.36. The van der Waals surface area contributed by atoms with E-state index in [1.807, 2.05) is 60.7 Å². The Kier molecular flexibility index (Phi) is 3.22. The number of pyridine rings is 1. The molecule has 5 heteroatoms. The summed E-state index contributed by atoms with van der Waals surface area (Å²) in [5.41, 5.74) is 10.2. The predicted octanol–water partition coefficient (Wildman–Crippen LogP) is 3.52. The van der Waals surface area contributed by atoms with Crippen molar-refractivity contribution in [2.75, 3.05) is 5.73 Å². The number of nitrogens with zero attached hydrogens (tertiary/aromatic N) is 4. The first kappa shape index (κ1) is 14.0. The summed E-state index contributed by atoms with van der Waals surface area (Å²) in [6, 6.07) is 23.1. The molecular formula is C19H13N5. The lowest BCUT2D eigenvalue weighted by Crippen LogP contribution is -1.99. The summed E-state index contributed by atoms with van der Waals surface area (Å²) in [6.45, 7) is 0. The fourth-order valence-corrected chi connectivity index (χ4v) is 2.65. The minimum atomic E-state index is 0.500. The van der Waals surface area contributed by atoms with E-state index in [1.165, 1.54) is 0 Å². The summed E-state index contributed by atoms with van der Waals surface area (Å²) in [4.78, 5) is 4.58. The summed E-state index contributed by atoms with van der Waals surface area (Å²) >= 11 is 0. The van der Waals surface area contributed by atoms with Crippen LogP contribution in [0.5, 0.6) is 0 Å². The van der Waals surface area contributed by atoms with Gasteiger partial charge in [0.15, 0.2) is 11.5 Å². The van der Waals surface area contributed by atoms with Crippen molar-refractivity contribution < 1.29 is 0 Å². The highest BCUT2D eigenvalue weighted by molar-refractivity contribution is 5.73. The molecule has 0 amide bonds. The Morgan fingerprint density at radius 2 is 1.67 bits per heavy atom.